The summed E-state index contributed by atoms with van der Waals surface area (Å²) in [5, 5.41) is 13.9. The molecular weight excluding hydrogens is 638 g/mol. The van der Waals surface area contributed by atoms with Gasteiger partial charge in [0.2, 0.25) is 0 Å². The molecule has 44 heavy (non-hydrogen) atoms. The quantitative estimate of drug-likeness (QED) is 0.290. The van der Waals surface area contributed by atoms with Crippen molar-refractivity contribution in [2.45, 2.75) is 78.2 Å². The number of halogens is 1. The number of imide groups is 1. The minimum atomic E-state index is -1.00. The molecule has 0 radical (unpaired) electrons. The molecule has 0 atom stereocenters. The number of carbonyl (C=O) groups is 3. The number of amides is 3. The summed E-state index contributed by atoms with van der Waals surface area (Å²) in [6, 6.07) is 8.78. The molecule has 14 heteroatoms. The molecular formula is C30H36BrN5O8. The largest absolute Gasteiger partial charge is 0.465 e. The number of benzene rings is 1. The summed E-state index contributed by atoms with van der Waals surface area (Å²) >= 11 is 3.29. The molecule has 0 unspecified atom stereocenters. The van der Waals surface area contributed by atoms with Crippen molar-refractivity contribution in [1.82, 2.24) is 20.0 Å². The van der Waals surface area contributed by atoms with Gasteiger partial charge in [-0.15, -0.1) is 0 Å². The molecule has 1 N–H and O–H groups in total. The summed E-state index contributed by atoms with van der Waals surface area (Å²) in [7, 11) is 0. The Kier molecular flexibility index (Phi) is 9.94. The van der Waals surface area contributed by atoms with E-state index in [1.165, 1.54) is 11.1 Å². The van der Waals surface area contributed by atoms with E-state index in [9.17, 15) is 19.5 Å². The SMILES string of the molecule is CC(C)(C)OC(=O)N(C(=O)OC(C)(C)C)c1ncc(Br)nc1-c1cc(-c2ccc(CN(C(=O)O)C3CCOCC3)cc2)no1. The third kappa shape index (κ3) is 8.53. The molecule has 3 amide bonds. The van der Waals surface area contributed by atoms with Crippen LogP contribution in [0, 0.1) is 0 Å². The van der Waals surface area contributed by atoms with Crippen LogP contribution in [0.1, 0.15) is 59.9 Å². The van der Waals surface area contributed by atoms with E-state index in [-0.39, 0.29) is 29.9 Å². The summed E-state index contributed by atoms with van der Waals surface area (Å²) in [6.07, 6.45) is -0.332. The Hall–Kier alpha value is -4.04. The van der Waals surface area contributed by atoms with Crippen LogP contribution in [0.3, 0.4) is 0 Å². The normalized spacial score (nSPS) is 14.2. The Morgan fingerprint density at radius 3 is 2.14 bits per heavy atom. The highest BCUT2D eigenvalue weighted by atomic mass is 79.9. The first-order valence-electron chi connectivity index (χ1n) is 14.0. The van der Waals surface area contributed by atoms with Crippen LogP contribution in [0.4, 0.5) is 20.2 Å². The van der Waals surface area contributed by atoms with Gasteiger partial charge in [0, 0.05) is 37.4 Å². The standard InChI is InChI=1S/C30H36BrN5O8/c1-29(2,3)42-27(39)36(28(40)43-30(4,5)6)25-24(33-23(31)16-32-25)22-15-21(34-44-22)19-9-7-18(8-10-19)17-35(26(37)38)20-11-13-41-14-12-20/h7-10,15-16,20H,11-14,17H2,1-6H3,(H,37,38). The molecule has 3 aromatic rings. The van der Waals surface area contributed by atoms with Gasteiger partial charge in [-0.2, -0.15) is 4.90 Å². The number of hydrogen-bond acceptors (Lipinski definition) is 10. The van der Waals surface area contributed by atoms with Crippen LogP contribution >= 0.6 is 15.9 Å². The Morgan fingerprint density at radius 2 is 1.59 bits per heavy atom. The Bertz CT molecular complexity index is 1460. The zero-order valence-corrected chi connectivity index (χ0v) is 27.1. The van der Waals surface area contributed by atoms with E-state index < -0.39 is 29.5 Å². The van der Waals surface area contributed by atoms with E-state index in [0.717, 1.165) is 5.56 Å². The Labute approximate surface area is 263 Å². The van der Waals surface area contributed by atoms with Crippen LogP contribution in [-0.4, -0.2) is 73.9 Å². The highest BCUT2D eigenvalue weighted by Crippen LogP contribution is 2.33. The van der Waals surface area contributed by atoms with Crippen LogP contribution < -0.4 is 4.90 Å². The van der Waals surface area contributed by atoms with Crippen molar-refractivity contribution in [3.8, 4) is 22.7 Å². The maximum Gasteiger partial charge on any atom is 0.425 e. The zero-order chi connectivity index (χ0) is 32.2. The summed E-state index contributed by atoms with van der Waals surface area (Å²) < 4.78 is 22.3. The topological polar surface area (TPSA) is 157 Å². The number of rotatable bonds is 6. The molecule has 3 heterocycles. The lowest BCUT2D eigenvalue weighted by Crippen LogP contribution is -2.44. The summed E-state index contributed by atoms with van der Waals surface area (Å²) in [5.74, 6) is -0.0433. The second-order valence-corrected chi connectivity index (χ2v) is 13.0. The number of anilines is 1. The lowest BCUT2D eigenvalue weighted by molar-refractivity contribution is 0.0331. The van der Waals surface area contributed by atoms with E-state index in [1.54, 1.807) is 47.6 Å². The van der Waals surface area contributed by atoms with Gasteiger partial charge in [0.15, 0.2) is 17.3 Å². The molecule has 0 aliphatic carbocycles. The maximum absolute atomic E-state index is 13.3. The minimum absolute atomic E-state index is 0.0417. The molecule has 236 valence electrons. The molecule has 1 saturated heterocycles. The zero-order valence-electron chi connectivity index (χ0n) is 25.5. The van der Waals surface area contributed by atoms with Crippen molar-refractivity contribution in [2.75, 3.05) is 18.1 Å². The number of hydrogen-bond donors (Lipinski definition) is 1. The van der Waals surface area contributed by atoms with Gasteiger partial charge in [0.25, 0.3) is 0 Å². The maximum atomic E-state index is 13.3. The summed E-state index contributed by atoms with van der Waals surface area (Å²) in [5.41, 5.74) is 0.158. The molecule has 0 spiro atoms. The van der Waals surface area contributed by atoms with Crippen molar-refractivity contribution in [1.29, 1.82) is 0 Å². The van der Waals surface area contributed by atoms with Gasteiger partial charge in [-0.25, -0.2) is 24.4 Å². The van der Waals surface area contributed by atoms with Crippen LogP contribution in [-0.2, 0) is 20.8 Å². The molecule has 0 bridgehead atoms. The van der Waals surface area contributed by atoms with Gasteiger partial charge in [0.1, 0.15) is 21.5 Å². The van der Waals surface area contributed by atoms with Crippen molar-refractivity contribution in [2.24, 2.45) is 0 Å². The fraction of sp³-hybridized carbons (Fsp3) is 0.467. The highest BCUT2D eigenvalue weighted by molar-refractivity contribution is 9.10. The molecule has 2 aromatic heterocycles. The smallest absolute Gasteiger partial charge is 0.425 e. The van der Waals surface area contributed by atoms with E-state index >= 15 is 0 Å². The van der Waals surface area contributed by atoms with Gasteiger partial charge >= 0.3 is 18.3 Å². The molecule has 1 aliphatic heterocycles. The number of aromatic nitrogens is 3. The van der Waals surface area contributed by atoms with Gasteiger partial charge in [0.05, 0.1) is 6.20 Å². The minimum Gasteiger partial charge on any atom is -0.465 e. The van der Waals surface area contributed by atoms with Crippen molar-refractivity contribution >= 4 is 40.0 Å². The van der Waals surface area contributed by atoms with E-state index in [4.69, 9.17) is 18.7 Å². The molecule has 0 saturated carbocycles. The van der Waals surface area contributed by atoms with Crippen LogP contribution in [0.25, 0.3) is 22.7 Å². The van der Waals surface area contributed by atoms with Crippen LogP contribution in [0.15, 0.2) is 45.7 Å². The highest BCUT2D eigenvalue weighted by Gasteiger charge is 2.36. The third-order valence-electron chi connectivity index (χ3n) is 6.31. The summed E-state index contributed by atoms with van der Waals surface area (Å²) in [4.78, 5) is 49.3. The van der Waals surface area contributed by atoms with E-state index in [1.807, 2.05) is 24.3 Å². The van der Waals surface area contributed by atoms with Crippen molar-refractivity contribution in [3.05, 3.63) is 46.7 Å². The molecule has 13 nitrogen and oxygen atoms in total. The number of carboxylic acid groups (broad SMARTS) is 1. The number of nitrogens with zero attached hydrogens (tertiary/aromatic N) is 5. The molecule has 1 aliphatic rings. The summed E-state index contributed by atoms with van der Waals surface area (Å²) in [6.45, 7) is 11.4. The van der Waals surface area contributed by atoms with Crippen molar-refractivity contribution in [3.63, 3.8) is 0 Å². The first kappa shape index (κ1) is 32.9. The van der Waals surface area contributed by atoms with Gasteiger partial charge in [-0.3, -0.25) is 0 Å². The van der Waals surface area contributed by atoms with Gasteiger partial charge in [-0.05, 0) is 75.9 Å². The first-order chi connectivity index (χ1) is 20.6. The Morgan fingerprint density at radius 1 is 1.00 bits per heavy atom. The molecule has 1 aromatic carbocycles. The van der Waals surface area contributed by atoms with E-state index in [2.05, 4.69) is 31.1 Å². The van der Waals surface area contributed by atoms with Crippen LogP contribution in [0.2, 0.25) is 0 Å². The van der Waals surface area contributed by atoms with Crippen LogP contribution in [0.5, 0.6) is 0 Å². The lowest BCUT2D eigenvalue weighted by atomic mass is 10.0. The fourth-order valence-corrected chi connectivity index (χ4v) is 4.68. The first-order valence-corrected chi connectivity index (χ1v) is 14.8. The lowest BCUT2D eigenvalue weighted by Gasteiger charge is -2.32. The predicted octanol–water partition coefficient (Wildman–Crippen LogP) is 6.90. The second-order valence-electron chi connectivity index (χ2n) is 12.2. The average molecular weight is 675 g/mol. The van der Waals surface area contributed by atoms with Gasteiger partial charge < -0.3 is 28.7 Å². The predicted molar refractivity (Wildman–Crippen MR) is 163 cm³/mol. The third-order valence-corrected chi connectivity index (χ3v) is 6.69. The second kappa shape index (κ2) is 13.3. The molecule has 1 fully saturated rings. The van der Waals surface area contributed by atoms with E-state index in [0.29, 0.717) is 46.8 Å². The average Bonchev–Trinajstić information content (AvgIpc) is 3.41. The Balaban J connectivity index is 1.63. The molecule has 4 rings (SSSR count). The monoisotopic (exact) mass is 673 g/mol. The van der Waals surface area contributed by atoms with Gasteiger partial charge in [-0.1, -0.05) is 29.4 Å². The van der Waals surface area contributed by atoms with Crippen molar-refractivity contribution < 1.29 is 38.2 Å². The number of carbonyl (C=O) groups excluding carboxylic acids is 2. The number of ether oxygens (including phenoxy) is 3. The fourth-order valence-electron chi connectivity index (χ4n) is 4.40.